The van der Waals surface area contributed by atoms with Crippen LogP contribution < -0.4 is 10.6 Å². The zero-order valence-corrected chi connectivity index (χ0v) is 9.07. The summed E-state index contributed by atoms with van der Waals surface area (Å²) in [5.74, 6) is -0.809. The number of hydrogen-bond acceptors (Lipinski definition) is 3. The lowest BCUT2D eigenvalue weighted by molar-refractivity contribution is -0.135. The van der Waals surface area contributed by atoms with E-state index >= 15 is 0 Å². The fourth-order valence-corrected chi connectivity index (χ4v) is 2.02. The molecule has 0 saturated carbocycles. The zero-order chi connectivity index (χ0) is 11.4. The van der Waals surface area contributed by atoms with Crippen LogP contribution in [0, 0.1) is 0 Å². The van der Waals surface area contributed by atoms with Gasteiger partial charge in [0.1, 0.15) is 0 Å². The van der Waals surface area contributed by atoms with Gasteiger partial charge in [-0.2, -0.15) is 0 Å². The lowest BCUT2D eigenvalue weighted by Crippen LogP contribution is -2.44. The number of fused-ring (bicyclic) bond motifs is 1. The summed E-state index contributed by atoms with van der Waals surface area (Å²) in [6.07, 6.45) is 0.961. The third-order valence-corrected chi connectivity index (χ3v) is 2.83. The summed E-state index contributed by atoms with van der Waals surface area (Å²) >= 11 is 0. The Kier molecular flexibility index (Phi) is 3.54. The number of nitrogens with one attached hydrogen (secondary N) is 2. The Morgan fingerprint density at radius 1 is 1.44 bits per heavy atom. The maximum atomic E-state index is 10.4. The van der Waals surface area contributed by atoms with Gasteiger partial charge in [0.25, 0.3) is 0 Å². The second kappa shape index (κ2) is 5.09. The van der Waals surface area contributed by atoms with Gasteiger partial charge in [0.05, 0.1) is 6.54 Å². The average Bonchev–Trinajstić information content (AvgIpc) is 2.28. The van der Waals surface area contributed by atoms with Crippen molar-refractivity contribution in [3.05, 3.63) is 35.4 Å². The van der Waals surface area contributed by atoms with Crippen LogP contribution in [0.25, 0.3) is 0 Å². The van der Waals surface area contributed by atoms with Crippen molar-refractivity contribution in [3.63, 3.8) is 0 Å². The second-order valence-electron chi connectivity index (χ2n) is 4.08. The van der Waals surface area contributed by atoms with Gasteiger partial charge in [-0.25, -0.2) is 0 Å². The van der Waals surface area contributed by atoms with Crippen molar-refractivity contribution in [2.45, 2.75) is 19.0 Å². The Bertz CT molecular complexity index is 379. The fraction of sp³-hybridized carbons (Fsp3) is 0.417. The van der Waals surface area contributed by atoms with Crippen LogP contribution in [0.4, 0.5) is 0 Å². The molecule has 1 aliphatic rings. The van der Waals surface area contributed by atoms with Gasteiger partial charge in [-0.1, -0.05) is 24.3 Å². The molecule has 0 aromatic heterocycles. The molecular weight excluding hydrogens is 204 g/mol. The summed E-state index contributed by atoms with van der Waals surface area (Å²) in [6, 6.07) is 8.69. The molecule has 1 aliphatic heterocycles. The quantitative estimate of drug-likeness (QED) is 0.686. The average molecular weight is 220 g/mol. The summed E-state index contributed by atoms with van der Waals surface area (Å²) in [5.41, 5.74) is 2.71. The molecule has 0 aliphatic carbocycles. The largest absolute Gasteiger partial charge is 0.480 e. The molecule has 0 spiro atoms. The van der Waals surface area contributed by atoms with Crippen molar-refractivity contribution >= 4 is 5.97 Å². The van der Waals surface area contributed by atoms with Crippen LogP contribution in [0.1, 0.15) is 11.1 Å². The summed E-state index contributed by atoms with van der Waals surface area (Å²) in [5, 5.41) is 14.8. The summed E-state index contributed by atoms with van der Waals surface area (Å²) < 4.78 is 0. The molecule has 0 fully saturated rings. The number of carbonyl (C=O) groups is 1. The van der Waals surface area contributed by atoms with Crippen LogP contribution in [0.3, 0.4) is 0 Å². The number of carboxylic acids is 1. The molecule has 0 radical (unpaired) electrons. The first-order valence-corrected chi connectivity index (χ1v) is 5.48. The van der Waals surface area contributed by atoms with Gasteiger partial charge in [-0.15, -0.1) is 0 Å². The van der Waals surface area contributed by atoms with Crippen molar-refractivity contribution in [3.8, 4) is 0 Å². The molecule has 3 N–H and O–H groups in total. The Hall–Kier alpha value is -1.39. The minimum atomic E-state index is -0.809. The van der Waals surface area contributed by atoms with Crippen LogP contribution in [0.5, 0.6) is 0 Å². The Balaban J connectivity index is 1.86. The number of aliphatic carboxylic acids is 1. The minimum Gasteiger partial charge on any atom is -0.480 e. The Morgan fingerprint density at radius 2 is 2.19 bits per heavy atom. The molecular formula is C12H16N2O2. The standard InChI is InChI=1S/C12H16N2O2/c15-12(16)8-13-7-11-5-9-3-1-2-4-10(9)6-14-11/h1-4,11,13-14H,5-8H2,(H,15,16)/t11-/m0/s1. The van der Waals surface area contributed by atoms with E-state index in [0.717, 1.165) is 13.0 Å². The highest BCUT2D eigenvalue weighted by molar-refractivity contribution is 5.68. The van der Waals surface area contributed by atoms with Crippen molar-refractivity contribution in [1.82, 2.24) is 10.6 Å². The predicted octanol–water partition coefficient (Wildman–Crippen LogP) is 0.375. The van der Waals surface area contributed by atoms with Gasteiger partial charge in [0, 0.05) is 19.1 Å². The van der Waals surface area contributed by atoms with Gasteiger partial charge in [0.2, 0.25) is 0 Å². The van der Waals surface area contributed by atoms with Crippen LogP contribution >= 0.6 is 0 Å². The molecule has 0 unspecified atom stereocenters. The third kappa shape index (κ3) is 2.81. The first-order valence-electron chi connectivity index (χ1n) is 5.48. The van der Waals surface area contributed by atoms with Crippen molar-refractivity contribution in [2.75, 3.05) is 13.1 Å². The first kappa shape index (κ1) is 11.1. The first-order chi connectivity index (χ1) is 7.75. The van der Waals surface area contributed by atoms with Gasteiger partial charge in [-0.05, 0) is 17.5 Å². The molecule has 0 bridgehead atoms. The van der Waals surface area contributed by atoms with E-state index in [1.807, 2.05) is 12.1 Å². The normalized spacial score (nSPS) is 19.1. The van der Waals surface area contributed by atoms with E-state index in [2.05, 4.69) is 22.8 Å². The van der Waals surface area contributed by atoms with Crippen molar-refractivity contribution in [2.24, 2.45) is 0 Å². The second-order valence-corrected chi connectivity index (χ2v) is 4.08. The topological polar surface area (TPSA) is 61.4 Å². The van der Waals surface area contributed by atoms with E-state index in [0.29, 0.717) is 12.6 Å². The summed E-state index contributed by atoms with van der Waals surface area (Å²) in [4.78, 5) is 10.4. The predicted molar refractivity (Wildman–Crippen MR) is 61.3 cm³/mol. The summed E-state index contributed by atoms with van der Waals surface area (Å²) in [6.45, 7) is 1.59. The smallest absolute Gasteiger partial charge is 0.317 e. The molecule has 16 heavy (non-hydrogen) atoms. The molecule has 86 valence electrons. The Morgan fingerprint density at radius 3 is 2.94 bits per heavy atom. The van der Waals surface area contributed by atoms with Crippen LogP contribution in [0.15, 0.2) is 24.3 Å². The van der Waals surface area contributed by atoms with Gasteiger partial charge in [0.15, 0.2) is 0 Å². The highest BCUT2D eigenvalue weighted by Gasteiger charge is 2.16. The van der Waals surface area contributed by atoms with E-state index in [-0.39, 0.29) is 6.54 Å². The van der Waals surface area contributed by atoms with E-state index in [9.17, 15) is 4.79 Å². The van der Waals surface area contributed by atoms with Crippen molar-refractivity contribution in [1.29, 1.82) is 0 Å². The minimum absolute atomic E-state index is 0.0276. The van der Waals surface area contributed by atoms with Gasteiger partial charge >= 0.3 is 5.97 Å². The van der Waals surface area contributed by atoms with Crippen LogP contribution in [0.2, 0.25) is 0 Å². The third-order valence-electron chi connectivity index (χ3n) is 2.83. The van der Waals surface area contributed by atoms with Crippen molar-refractivity contribution < 1.29 is 9.90 Å². The molecule has 1 heterocycles. The molecule has 4 nitrogen and oxygen atoms in total. The maximum absolute atomic E-state index is 10.4. The van der Waals surface area contributed by atoms with Gasteiger partial charge < -0.3 is 15.7 Å². The van der Waals surface area contributed by atoms with Crippen LogP contribution in [-0.2, 0) is 17.8 Å². The highest BCUT2D eigenvalue weighted by atomic mass is 16.4. The molecule has 1 aromatic carbocycles. The molecule has 1 atom stereocenters. The highest BCUT2D eigenvalue weighted by Crippen LogP contribution is 2.15. The monoisotopic (exact) mass is 220 g/mol. The Labute approximate surface area is 94.7 Å². The molecule has 4 heteroatoms. The zero-order valence-electron chi connectivity index (χ0n) is 9.07. The number of hydrogen-bond donors (Lipinski definition) is 3. The fourth-order valence-electron chi connectivity index (χ4n) is 2.02. The van der Waals surface area contributed by atoms with E-state index < -0.39 is 5.97 Å². The molecule has 0 saturated heterocycles. The number of carboxylic acid groups (broad SMARTS) is 1. The SMILES string of the molecule is O=C(O)CNC[C@@H]1Cc2ccccc2CN1. The van der Waals surface area contributed by atoms with E-state index in [1.165, 1.54) is 11.1 Å². The van der Waals surface area contributed by atoms with Gasteiger partial charge in [-0.3, -0.25) is 4.79 Å². The van der Waals surface area contributed by atoms with E-state index in [1.54, 1.807) is 0 Å². The molecule has 0 amide bonds. The van der Waals surface area contributed by atoms with E-state index in [4.69, 9.17) is 5.11 Å². The summed E-state index contributed by atoms with van der Waals surface area (Å²) in [7, 11) is 0. The maximum Gasteiger partial charge on any atom is 0.317 e. The number of benzene rings is 1. The molecule has 1 aromatic rings. The lowest BCUT2D eigenvalue weighted by Gasteiger charge is -2.26. The number of rotatable bonds is 4. The lowest BCUT2D eigenvalue weighted by atomic mass is 9.96. The van der Waals surface area contributed by atoms with Crippen LogP contribution in [-0.4, -0.2) is 30.2 Å². The molecule has 2 rings (SSSR count).